The van der Waals surface area contributed by atoms with Crippen LogP contribution in [0.15, 0.2) is 158 Å². The Hall–Kier alpha value is -6.36. The molecule has 6 aromatic carbocycles. The van der Waals surface area contributed by atoms with Gasteiger partial charge in [0.15, 0.2) is 11.2 Å². The number of hydrogen-bond acceptors (Lipinski definition) is 4. The molecule has 11 rings (SSSR count). The van der Waals surface area contributed by atoms with Gasteiger partial charge >= 0.3 is 17.8 Å². The Balaban J connectivity index is 1.10. The van der Waals surface area contributed by atoms with E-state index in [0.29, 0.717) is 32.4 Å². The molecule has 4 heterocycles. The maximum absolute atomic E-state index is 16.7. The van der Waals surface area contributed by atoms with Crippen LogP contribution < -0.4 is 9.47 Å². The Morgan fingerprint density at radius 3 is 1.24 bits per heavy atom. The molecule has 2 nitrogen and oxygen atoms in total. The van der Waals surface area contributed by atoms with Crippen molar-refractivity contribution in [3.63, 3.8) is 0 Å². The van der Waals surface area contributed by atoms with Gasteiger partial charge in [-0.25, -0.2) is 0 Å². The molecule has 0 saturated carbocycles. The van der Waals surface area contributed by atoms with E-state index in [-0.39, 0.29) is 9.75 Å². The predicted octanol–water partition coefficient (Wildman–Crippen LogP) is 15.3. The van der Waals surface area contributed by atoms with Gasteiger partial charge in [0, 0.05) is 43.2 Å². The first kappa shape index (κ1) is 39.5. The smallest absolute Gasteiger partial charge is 0.380 e. The second-order valence-electron chi connectivity index (χ2n) is 16.1. The summed E-state index contributed by atoms with van der Waals surface area (Å²) in [5.41, 5.74) is -3.56. The highest BCUT2D eigenvalue weighted by Gasteiger charge is 2.80. The number of hydrogen-bond donors (Lipinski definition) is 0. The van der Waals surface area contributed by atoms with Crippen molar-refractivity contribution >= 4 is 67.5 Å². The molecule has 0 unspecified atom stereocenters. The highest BCUT2D eigenvalue weighted by molar-refractivity contribution is 7.12. The van der Waals surface area contributed by atoms with Crippen LogP contribution in [-0.4, -0.2) is 17.8 Å². The van der Waals surface area contributed by atoms with Gasteiger partial charge in [-0.15, -0.1) is 22.7 Å². The lowest BCUT2D eigenvalue weighted by molar-refractivity contribution is -0.254. The lowest BCUT2D eigenvalue weighted by atomic mass is 9.86. The van der Waals surface area contributed by atoms with Crippen molar-refractivity contribution < 1.29 is 35.8 Å². The zero-order chi connectivity index (χ0) is 43.5. The molecule has 2 atom stereocenters. The molecular formula is C53H34F6O2S2. The van der Waals surface area contributed by atoms with Crippen LogP contribution in [0, 0.1) is 13.8 Å². The molecule has 3 aliphatic rings. The number of allylic oxidation sites excluding steroid dienone is 2. The summed E-state index contributed by atoms with van der Waals surface area (Å²) in [6, 6.07) is 43.9. The molecule has 2 aromatic heterocycles. The fraction of sp³-hybridized carbons (Fsp3) is 0.132. The van der Waals surface area contributed by atoms with E-state index in [1.54, 1.807) is 0 Å². The molecule has 0 radical (unpaired) electrons. The summed E-state index contributed by atoms with van der Waals surface area (Å²) in [6.45, 7) is 2.98. The van der Waals surface area contributed by atoms with Crippen molar-refractivity contribution in [1.82, 2.24) is 0 Å². The third kappa shape index (κ3) is 5.56. The van der Waals surface area contributed by atoms with Crippen molar-refractivity contribution in [2.24, 2.45) is 0 Å². The lowest BCUT2D eigenvalue weighted by Crippen LogP contribution is -2.48. The van der Waals surface area contributed by atoms with Crippen LogP contribution in [0.3, 0.4) is 0 Å². The number of fused-ring (bicyclic) bond motifs is 6. The van der Waals surface area contributed by atoms with E-state index in [0.717, 1.165) is 55.3 Å². The first-order valence-corrected chi connectivity index (χ1v) is 21.9. The topological polar surface area (TPSA) is 18.5 Å². The number of thiophene rings is 2. The van der Waals surface area contributed by atoms with E-state index in [1.165, 1.54) is 26.0 Å². The van der Waals surface area contributed by atoms with Crippen molar-refractivity contribution in [3.8, 4) is 11.5 Å². The van der Waals surface area contributed by atoms with Gasteiger partial charge in [-0.1, -0.05) is 121 Å². The summed E-state index contributed by atoms with van der Waals surface area (Å²) in [6.07, 6.45) is 7.44. The van der Waals surface area contributed by atoms with Crippen LogP contribution in [0.5, 0.6) is 11.5 Å². The molecule has 0 fully saturated rings. The van der Waals surface area contributed by atoms with E-state index in [9.17, 15) is 0 Å². The molecule has 312 valence electrons. The zero-order valence-corrected chi connectivity index (χ0v) is 35.2. The fourth-order valence-electron chi connectivity index (χ4n) is 9.38. The van der Waals surface area contributed by atoms with Crippen molar-refractivity contribution in [2.45, 2.75) is 42.8 Å². The van der Waals surface area contributed by atoms with E-state index >= 15 is 26.3 Å². The van der Waals surface area contributed by atoms with E-state index in [2.05, 4.69) is 0 Å². The normalized spacial score (nSPS) is 21.6. The molecule has 0 saturated heterocycles. The van der Waals surface area contributed by atoms with Crippen LogP contribution >= 0.6 is 22.7 Å². The maximum Gasteiger partial charge on any atom is 0.380 e. The lowest BCUT2D eigenvalue weighted by Gasteiger charge is -2.35. The third-order valence-corrected chi connectivity index (χ3v) is 14.9. The van der Waals surface area contributed by atoms with Crippen LogP contribution in [0.1, 0.15) is 52.9 Å². The minimum atomic E-state index is -5.76. The molecule has 2 aliphatic heterocycles. The van der Waals surface area contributed by atoms with Gasteiger partial charge in [-0.3, -0.25) is 0 Å². The first-order valence-electron chi connectivity index (χ1n) is 20.3. The summed E-state index contributed by atoms with van der Waals surface area (Å²) in [5.74, 6) is -15.3. The van der Waals surface area contributed by atoms with Crippen LogP contribution in [0.2, 0.25) is 0 Å². The summed E-state index contributed by atoms with van der Waals surface area (Å²) in [5, 5.41) is 3.85. The van der Waals surface area contributed by atoms with E-state index in [4.69, 9.17) is 9.47 Å². The summed E-state index contributed by atoms with van der Waals surface area (Å²) in [4.78, 5) is 1.02. The molecule has 0 N–H and O–H groups in total. The van der Waals surface area contributed by atoms with Gasteiger partial charge in [0.25, 0.3) is 0 Å². The van der Waals surface area contributed by atoms with Crippen molar-refractivity contribution in [2.75, 3.05) is 0 Å². The molecule has 63 heavy (non-hydrogen) atoms. The molecule has 8 aromatic rings. The number of benzene rings is 6. The SMILES string of the molecule is Cc1sc([C@@]2(c3ccccc3)C=Cc3c(ccc4ccccc34)O2)cc1C1=C(c2cc([C@@]3(c4ccccc4)C=Cc4c(ccc5ccccc45)O3)sc2C)C(F)(F)C(F)(F)C1(F)F. The van der Waals surface area contributed by atoms with Gasteiger partial charge in [0.2, 0.25) is 0 Å². The second kappa shape index (κ2) is 13.8. The van der Waals surface area contributed by atoms with Crippen LogP contribution in [0.4, 0.5) is 26.3 Å². The molecular weight excluding hydrogens is 847 g/mol. The average molecular weight is 881 g/mol. The monoisotopic (exact) mass is 880 g/mol. The molecule has 0 bridgehead atoms. The Morgan fingerprint density at radius 1 is 0.444 bits per heavy atom. The number of rotatable bonds is 6. The fourth-order valence-corrected chi connectivity index (χ4v) is 11.7. The molecule has 0 amide bonds. The number of halogens is 6. The van der Waals surface area contributed by atoms with Crippen molar-refractivity contribution in [1.29, 1.82) is 0 Å². The highest BCUT2D eigenvalue weighted by atomic mass is 32.1. The van der Waals surface area contributed by atoms with Crippen molar-refractivity contribution in [3.05, 3.63) is 211 Å². The predicted molar refractivity (Wildman–Crippen MR) is 241 cm³/mol. The minimum absolute atomic E-state index is 0.151. The van der Waals surface area contributed by atoms with Crippen LogP contribution in [-0.2, 0) is 11.2 Å². The quantitative estimate of drug-likeness (QED) is 0.155. The van der Waals surface area contributed by atoms with Crippen LogP contribution in [0.25, 0.3) is 44.8 Å². The highest BCUT2D eigenvalue weighted by Crippen LogP contribution is 2.66. The standard InChI is InChI=1S/C53H34F6O2S2/c1-31-41(29-45(62-31)49(35-15-5-3-6-16-35)27-25-39-37-19-11-9-13-33(37)21-23-43(39)60-49)47-48(52(56,57)53(58,59)51(47,54)55)42-30-46(63-32(42)2)50(36-17-7-4-8-18-36)28-26-40-38-20-12-10-14-34(38)22-24-44(40)61-50/h3-30H,1-2H3/t49-,50-/m0/s1. The van der Waals surface area contributed by atoms with Gasteiger partial charge in [0.1, 0.15) is 11.5 Å². The van der Waals surface area contributed by atoms with Gasteiger partial charge in [-0.2, -0.15) is 26.3 Å². The summed E-state index contributed by atoms with van der Waals surface area (Å²) < 4.78 is 112. The number of ether oxygens (including phenoxy) is 2. The molecule has 1 aliphatic carbocycles. The first-order chi connectivity index (χ1) is 30.3. The van der Waals surface area contributed by atoms with E-state index < -0.39 is 51.2 Å². The maximum atomic E-state index is 16.7. The average Bonchev–Trinajstić information content (AvgIpc) is 3.92. The van der Waals surface area contributed by atoms with Gasteiger partial charge in [0.05, 0.1) is 9.75 Å². The number of aryl methyl sites for hydroxylation is 2. The Morgan fingerprint density at radius 2 is 0.825 bits per heavy atom. The van der Waals surface area contributed by atoms with Gasteiger partial charge in [-0.05, 0) is 95.1 Å². The van der Waals surface area contributed by atoms with Gasteiger partial charge < -0.3 is 9.47 Å². The molecule has 0 spiro atoms. The number of alkyl halides is 6. The Bertz CT molecular complexity index is 3040. The molecule has 10 heteroatoms. The minimum Gasteiger partial charge on any atom is -0.472 e. The summed E-state index contributed by atoms with van der Waals surface area (Å²) >= 11 is 2.08. The largest absolute Gasteiger partial charge is 0.472 e. The summed E-state index contributed by atoms with van der Waals surface area (Å²) in [7, 11) is 0. The zero-order valence-electron chi connectivity index (χ0n) is 33.6. The second-order valence-corrected chi connectivity index (χ2v) is 18.6. The Kier molecular flexibility index (Phi) is 8.66. The Labute approximate surface area is 366 Å². The van der Waals surface area contributed by atoms with E-state index in [1.807, 2.05) is 158 Å². The third-order valence-electron chi connectivity index (χ3n) is 12.6.